The van der Waals surface area contributed by atoms with Gasteiger partial charge in [0.25, 0.3) is 0 Å². The monoisotopic (exact) mass is 406 g/mol. The summed E-state index contributed by atoms with van der Waals surface area (Å²) >= 11 is 0. The summed E-state index contributed by atoms with van der Waals surface area (Å²) < 4.78 is 16.6. The van der Waals surface area contributed by atoms with Crippen LogP contribution in [0.1, 0.15) is 34.1 Å². The Morgan fingerprint density at radius 3 is 2.67 bits per heavy atom. The average Bonchev–Trinajstić information content (AvgIpc) is 2.74. The number of carbonyl (C=O) groups excluding carboxylic acids is 1. The van der Waals surface area contributed by atoms with Crippen LogP contribution >= 0.6 is 0 Å². The second-order valence-corrected chi connectivity index (χ2v) is 7.45. The molecule has 0 saturated carbocycles. The molecule has 0 atom stereocenters. The van der Waals surface area contributed by atoms with Gasteiger partial charge < -0.3 is 14.2 Å². The number of hydrogen-bond acceptors (Lipinski definition) is 6. The first kappa shape index (κ1) is 20.2. The number of fused-ring (bicyclic) bond motifs is 2. The Bertz CT molecular complexity index is 1080. The fourth-order valence-corrected chi connectivity index (χ4v) is 3.84. The molecule has 6 heteroatoms. The van der Waals surface area contributed by atoms with E-state index in [9.17, 15) is 4.79 Å². The summed E-state index contributed by atoms with van der Waals surface area (Å²) in [5.74, 6) is 1.24. The largest absolute Gasteiger partial charge is 0.486 e. The maximum atomic E-state index is 12.7. The normalized spacial score (nSPS) is 12.9. The van der Waals surface area contributed by atoms with Crippen molar-refractivity contribution in [3.8, 4) is 11.5 Å². The fraction of sp³-hybridized carbons (Fsp3) is 0.333. The highest BCUT2D eigenvalue weighted by atomic mass is 16.6. The van der Waals surface area contributed by atoms with E-state index in [1.165, 1.54) is 0 Å². The molecule has 1 aliphatic rings. The van der Waals surface area contributed by atoms with E-state index in [1.807, 2.05) is 63.4 Å². The van der Waals surface area contributed by atoms with Gasteiger partial charge in [0.15, 0.2) is 11.5 Å². The van der Waals surface area contributed by atoms with Gasteiger partial charge in [-0.2, -0.15) is 0 Å². The molecular weight excluding hydrogens is 380 g/mol. The molecule has 3 aromatic rings. The van der Waals surface area contributed by atoms with Gasteiger partial charge in [-0.1, -0.05) is 24.3 Å². The molecule has 0 amide bonds. The summed E-state index contributed by atoms with van der Waals surface area (Å²) in [7, 11) is 2.01. The summed E-state index contributed by atoms with van der Waals surface area (Å²) in [6.45, 7) is 6.46. The molecule has 4 rings (SSSR count). The third-order valence-electron chi connectivity index (χ3n) is 5.19. The molecule has 2 heterocycles. The molecule has 1 aromatic heterocycles. The van der Waals surface area contributed by atoms with Crippen LogP contribution in [0.3, 0.4) is 0 Å². The number of aromatic nitrogens is 1. The van der Waals surface area contributed by atoms with Crippen molar-refractivity contribution in [2.24, 2.45) is 0 Å². The molecule has 1 aliphatic heterocycles. The topological polar surface area (TPSA) is 60.9 Å². The lowest BCUT2D eigenvalue weighted by Crippen LogP contribution is -2.22. The molecule has 0 radical (unpaired) electrons. The Kier molecular flexibility index (Phi) is 5.86. The summed E-state index contributed by atoms with van der Waals surface area (Å²) in [5, 5.41) is 0.971. The van der Waals surface area contributed by atoms with E-state index in [2.05, 4.69) is 4.90 Å². The number of hydrogen-bond donors (Lipinski definition) is 0. The van der Waals surface area contributed by atoms with E-state index in [0.717, 1.165) is 39.2 Å². The summed E-state index contributed by atoms with van der Waals surface area (Å²) in [4.78, 5) is 19.7. The molecule has 0 N–H and O–H groups in total. The van der Waals surface area contributed by atoms with Gasteiger partial charge in [-0.15, -0.1) is 0 Å². The highest BCUT2D eigenvalue weighted by Crippen LogP contribution is 2.31. The number of rotatable bonds is 6. The molecule has 156 valence electrons. The zero-order chi connectivity index (χ0) is 21.1. The smallest absolute Gasteiger partial charge is 0.340 e. The molecule has 0 bridgehead atoms. The Hall–Kier alpha value is -3.12. The predicted octanol–water partition coefficient (Wildman–Crippen LogP) is 4.12. The predicted molar refractivity (Wildman–Crippen MR) is 115 cm³/mol. The first-order valence-electron chi connectivity index (χ1n) is 10.2. The molecule has 6 nitrogen and oxygen atoms in total. The molecular formula is C24H26N2O4. The van der Waals surface area contributed by atoms with Gasteiger partial charge >= 0.3 is 5.97 Å². The SMILES string of the molecule is CCOC(=O)c1c(CN(C)Cc2ccc3c(c2)OCCO3)nc2ccccc2c1C. The maximum absolute atomic E-state index is 12.7. The number of para-hydroxylation sites is 1. The Labute approximate surface area is 176 Å². The zero-order valence-electron chi connectivity index (χ0n) is 17.6. The minimum atomic E-state index is -0.323. The summed E-state index contributed by atoms with van der Waals surface area (Å²) in [6.07, 6.45) is 0. The Morgan fingerprint density at radius 2 is 1.87 bits per heavy atom. The highest BCUT2D eigenvalue weighted by molar-refractivity contribution is 5.98. The lowest BCUT2D eigenvalue weighted by Gasteiger charge is -2.22. The van der Waals surface area contributed by atoms with Crippen molar-refractivity contribution in [2.75, 3.05) is 26.9 Å². The van der Waals surface area contributed by atoms with Crippen LogP contribution in [0.5, 0.6) is 11.5 Å². The van der Waals surface area contributed by atoms with Crippen molar-refractivity contribution in [3.63, 3.8) is 0 Å². The third-order valence-corrected chi connectivity index (χ3v) is 5.19. The maximum Gasteiger partial charge on any atom is 0.340 e. The van der Waals surface area contributed by atoms with Crippen LogP contribution < -0.4 is 9.47 Å². The molecule has 0 fully saturated rings. The van der Waals surface area contributed by atoms with Gasteiger partial charge in [-0.05, 0) is 50.2 Å². The zero-order valence-corrected chi connectivity index (χ0v) is 17.6. The van der Waals surface area contributed by atoms with E-state index >= 15 is 0 Å². The van der Waals surface area contributed by atoms with Gasteiger partial charge in [0, 0.05) is 18.5 Å². The van der Waals surface area contributed by atoms with Crippen molar-refractivity contribution >= 4 is 16.9 Å². The number of benzene rings is 2. The van der Waals surface area contributed by atoms with Crippen LogP contribution in [-0.4, -0.2) is 42.7 Å². The Balaban J connectivity index is 1.62. The number of nitrogens with zero attached hydrogens (tertiary/aromatic N) is 2. The number of aryl methyl sites for hydroxylation is 1. The van der Waals surface area contributed by atoms with Crippen molar-refractivity contribution < 1.29 is 19.0 Å². The van der Waals surface area contributed by atoms with E-state index in [0.29, 0.717) is 38.5 Å². The third kappa shape index (κ3) is 4.09. The van der Waals surface area contributed by atoms with Crippen molar-refractivity contribution in [1.29, 1.82) is 0 Å². The summed E-state index contributed by atoms with van der Waals surface area (Å²) in [5.41, 5.74) is 4.18. The molecule has 0 aliphatic carbocycles. The summed E-state index contributed by atoms with van der Waals surface area (Å²) in [6, 6.07) is 13.9. The number of esters is 1. The molecule has 0 spiro atoms. The fourth-order valence-electron chi connectivity index (χ4n) is 3.84. The number of pyridine rings is 1. The van der Waals surface area contributed by atoms with Crippen LogP contribution in [0.4, 0.5) is 0 Å². The van der Waals surface area contributed by atoms with Crippen LogP contribution in [0.25, 0.3) is 10.9 Å². The second-order valence-electron chi connectivity index (χ2n) is 7.45. The van der Waals surface area contributed by atoms with Crippen LogP contribution in [0, 0.1) is 6.92 Å². The van der Waals surface area contributed by atoms with E-state index in [-0.39, 0.29) is 5.97 Å². The van der Waals surface area contributed by atoms with Gasteiger partial charge in [0.2, 0.25) is 0 Å². The first-order chi connectivity index (χ1) is 14.6. The second kappa shape index (κ2) is 8.71. The first-order valence-corrected chi connectivity index (χ1v) is 10.2. The van der Waals surface area contributed by atoms with Gasteiger partial charge in [0.05, 0.1) is 23.4 Å². The van der Waals surface area contributed by atoms with E-state index in [1.54, 1.807) is 0 Å². The molecule has 2 aromatic carbocycles. The molecule has 0 unspecified atom stereocenters. The number of ether oxygens (including phenoxy) is 3. The van der Waals surface area contributed by atoms with Crippen molar-refractivity contribution in [3.05, 3.63) is 64.8 Å². The van der Waals surface area contributed by atoms with Crippen LogP contribution in [0.15, 0.2) is 42.5 Å². The van der Waals surface area contributed by atoms with Gasteiger partial charge in [-0.25, -0.2) is 4.79 Å². The van der Waals surface area contributed by atoms with Gasteiger partial charge in [0.1, 0.15) is 13.2 Å². The lowest BCUT2D eigenvalue weighted by atomic mass is 10.0. The lowest BCUT2D eigenvalue weighted by molar-refractivity contribution is 0.0522. The minimum Gasteiger partial charge on any atom is -0.486 e. The molecule has 0 saturated heterocycles. The van der Waals surface area contributed by atoms with Gasteiger partial charge in [-0.3, -0.25) is 9.88 Å². The van der Waals surface area contributed by atoms with E-state index < -0.39 is 0 Å². The van der Waals surface area contributed by atoms with Crippen molar-refractivity contribution in [1.82, 2.24) is 9.88 Å². The Morgan fingerprint density at radius 1 is 1.10 bits per heavy atom. The van der Waals surface area contributed by atoms with Crippen molar-refractivity contribution in [2.45, 2.75) is 26.9 Å². The number of carbonyl (C=O) groups is 1. The van der Waals surface area contributed by atoms with Crippen LogP contribution in [0.2, 0.25) is 0 Å². The molecule has 30 heavy (non-hydrogen) atoms. The standard InChI is InChI=1S/C24H26N2O4/c1-4-28-24(27)23-16(2)18-7-5-6-8-19(18)25-20(23)15-26(3)14-17-9-10-21-22(13-17)30-12-11-29-21/h5-10,13H,4,11-12,14-15H2,1-3H3. The minimum absolute atomic E-state index is 0.323. The average molecular weight is 406 g/mol. The quantitative estimate of drug-likeness (QED) is 0.574. The van der Waals surface area contributed by atoms with Crippen LogP contribution in [-0.2, 0) is 17.8 Å². The van der Waals surface area contributed by atoms with E-state index in [4.69, 9.17) is 19.2 Å². The highest BCUT2D eigenvalue weighted by Gasteiger charge is 2.21.